The van der Waals surface area contributed by atoms with Gasteiger partial charge in [0.1, 0.15) is 0 Å². The van der Waals surface area contributed by atoms with E-state index in [1.165, 1.54) is 6.33 Å². The Kier molecular flexibility index (Phi) is 5.48. The number of aliphatic hydroxyl groups is 1. The molecule has 0 saturated carbocycles. The molecule has 6 heteroatoms. The third kappa shape index (κ3) is 4.70. The van der Waals surface area contributed by atoms with Gasteiger partial charge in [-0.25, -0.2) is 4.98 Å². The standard InChI is InChI=1S/C15H18N2O4/c18-14(9-21-8-11-4-2-1-3-5-11)13(15(19)20)6-12-7-16-10-17-12/h1-5,7,10,13-14,18H,6,8-9H2,(H,16,17)(H,19,20). The number of aromatic nitrogens is 2. The molecular formula is C15H18N2O4. The maximum atomic E-state index is 11.2. The van der Waals surface area contributed by atoms with Crippen LogP contribution in [-0.2, 0) is 22.6 Å². The molecule has 112 valence electrons. The average molecular weight is 290 g/mol. The molecule has 21 heavy (non-hydrogen) atoms. The quantitative estimate of drug-likeness (QED) is 0.679. The van der Waals surface area contributed by atoms with Crippen LogP contribution in [0.25, 0.3) is 0 Å². The van der Waals surface area contributed by atoms with Crippen LogP contribution >= 0.6 is 0 Å². The van der Waals surface area contributed by atoms with E-state index in [0.717, 1.165) is 5.56 Å². The minimum absolute atomic E-state index is 0.0315. The number of aliphatic hydroxyl groups excluding tert-OH is 1. The lowest BCUT2D eigenvalue weighted by Gasteiger charge is -2.18. The molecule has 2 atom stereocenters. The summed E-state index contributed by atoms with van der Waals surface area (Å²) < 4.78 is 5.39. The lowest BCUT2D eigenvalue weighted by atomic mass is 9.97. The second-order valence-corrected chi connectivity index (χ2v) is 4.78. The summed E-state index contributed by atoms with van der Waals surface area (Å²) >= 11 is 0. The van der Waals surface area contributed by atoms with E-state index < -0.39 is 18.0 Å². The minimum Gasteiger partial charge on any atom is -0.481 e. The number of H-pyrrole nitrogens is 1. The number of ether oxygens (including phenoxy) is 1. The van der Waals surface area contributed by atoms with E-state index in [2.05, 4.69) is 9.97 Å². The van der Waals surface area contributed by atoms with Gasteiger partial charge < -0.3 is 19.9 Å². The Hall–Kier alpha value is -2.18. The molecule has 0 bridgehead atoms. The fraction of sp³-hybridized carbons (Fsp3) is 0.333. The van der Waals surface area contributed by atoms with Crippen LogP contribution in [0.1, 0.15) is 11.3 Å². The zero-order valence-corrected chi connectivity index (χ0v) is 11.5. The molecule has 0 fully saturated rings. The summed E-state index contributed by atoms with van der Waals surface area (Å²) in [6.45, 7) is 0.308. The number of hydrogen-bond donors (Lipinski definition) is 3. The first-order valence-corrected chi connectivity index (χ1v) is 6.67. The van der Waals surface area contributed by atoms with Crippen molar-refractivity contribution in [2.75, 3.05) is 6.61 Å². The first-order chi connectivity index (χ1) is 10.2. The fourth-order valence-corrected chi connectivity index (χ4v) is 2.00. The Balaban J connectivity index is 1.84. The van der Waals surface area contributed by atoms with Gasteiger partial charge in [0.15, 0.2) is 0 Å². The molecular weight excluding hydrogens is 272 g/mol. The maximum absolute atomic E-state index is 11.2. The molecule has 2 aromatic rings. The van der Waals surface area contributed by atoms with Gasteiger partial charge in [0.25, 0.3) is 0 Å². The van der Waals surface area contributed by atoms with Crippen LogP contribution in [0.15, 0.2) is 42.9 Å². The predicted molar refractivity (Wildman–Crippen MR) is 75.5 cm³/mol. The normalized spacial score (nSPS) is 13.8. The van der Waals surface area contributed by atoms with Gasteiger partial charge in [0, 0.05) is 12.6 Å². The van der Waals surface area contributed by atoms with Crippen molar-refractivity contribution in [2.45, 2.75) is 19.1 Å². The topological polar surface area (TPSA) is 95.4 Å². The van der Waals surface area contributed by atoms with Gasteiger partial charge >= 0.3 is 5.97 Å². The minimum atomic E-state index is -1.08. The summed E-state index contributed by atoms with van der Waals surface area (Å²) in [5.74, 6) is -2.00. The first-order valence-electron chi connectivity index (χ1n) is 6.67. The Morgan fingerprint density at radius 3 is 2.71 bits per heavy atom. The molecule has 3 N–H and O–H groups in total. The summed E-state index contributed by atoms with van der Waals surface area (Å²) in [6.07, 6.45) is 2.18. The molecule has 2 rings (SSSR count). The number of imidazole rings is 1. The highest BCUT2D eigenvalue weighted by Crippen LogP contribution is 2.12. The van der Waals surface area contributed by atoms with Crippen molar-refractivity contribution in [3.05, 3.63) is 54.1 Å². The summed E-state index contributed by atoms with van der Waals surface area (Å²) in [6, 6.07) is 9.51. The SMILES string of the molecule is O=C(O)C(Cc1c[nH]cn1)C(O)COCc1ccccc1. The van der Waals surface area contributed by atoms with E-state index in [1.54, 1.807) is 6.20 Å². The van der Waals surface area contributed by atoms with Crippen LogP contribution in [0, 0.1) is 5.92 Å². The second kappa shape index (κ2) is 7.56. The number of rotatable bonds is 8. The Labute approximate surface area is 122 Å². The van der Waals surface area contributed by atoms with Gasteiger partial charge in [-0.3, -0.25) is 4.79 Å². The van der Waals surface area contributed by atoms with Gasteiger partial charge in [-0.15, -0.1) is 0 Å². The van der Waals surface area contributed by atoms with E-state index in [4.69, 9.17) is 4.74 Å². The number of nitrogens with one attached hydrogen (secondary N) is 1. The molecule has 1 aromatic carbocycles. The third-order valence-corrected chi connectivity index (χ3v) is 3.17. The summed E-state index contributed by atoms with van der Waals surface area (Å²) in [4.78, 5) is 18.0. The van der Waals surface area contributed by atoms with E-state index in [1.807, 2.05) is 30.3 Å². The zero-order valence-electron chi connectivity index (χ0n) is 11.5. The zero-order chi connectivity index (χ0) is 15.1. The largest absolute Gasteiger partial charge is 0.481 e. The number of aliphatic carboxylic acids is 1. The van der Waals surface area contributed by atoms with Crippen molar-refractivity contribution in [3.8, 4) is 0 Å². The third-order valence-electron chi connectivity index (χ3n) is 3.17. The smallest absolute Gasteiger partial charge is 0.309 e. The van der Waals surface area contributed by atoms with E-state index >= 15 is 0 Å². The van der Waals surface area contributed by atoms with Crippen molar-refractivity contribution < 1.29 is 19.7 Å². The van der Waals surface area contributed by atoms with Gasteiger partial charge in [-0.05, 0) is 5.56 Å². The van der Waals surface area contributed by atoms with Gasteiger partial charge in [0.05, 0.1) is 37.3 Å². The van der Waals surface area contributed by atoms with Crippen LogP contribution < -0.4 is 0 Å². The Morgan fingerprint density at radius 2 is 2.10 bits per heavy atom. The highest BCUT2D eigenvalue weighted by atomic mass is 16.5. The van der Waals surface area contributed by atoms with Gasteiger partial charge in [-0.1, -0.05) is 30.3 Å². The molecule has 0 aliphatic heterocycles. The van der Waals surface area contributed by atoms with Crippen molar-refractivity contribution in [2.24, 2.45) is 5.92 Å². The lowest BCUT2D eigenvalue weighted by Crippen LogP contribution is -2.33. The molecule has 0 spiro atoms. The molecule has 0 saturated heterocycles. The number of carboxylic acid groups (broad SMARTS) is 1. The number of nitrogens with zero attached hydrogens (tertiary/aromatic N) is 1. The summed E-state index contributed by atoms with van der Waals surface area (Å²) in [5.41, 5.74) is 1.58. The van der Waals surface area contributed by atoms with Crippen molar-refractivity contribution >= 4 is 5.97 Å². The monoisotopic (exact) mass is 290 g/mol. The molecule has 0 aliphatic rings. The Bertz CT molecular complexity index is 542. The number of carbonyl (C=O) groups is 1. The predicted octanol–water partition coefficient (Wildman–Crippen LogP) is 1.23. The number of hydrogen-bond acceptors (Lipinski definition) is 4. The van der Waals surface area contributed by atoms with E-state index in [0.29, 0.717) is 12.3 Å². The summed E-state index contributed by atoms with van der Waals surface area (Å²) in [7, 11) is 0. The van der Waals surface area contributed by atoms with Crippen LogP contribution in [0.4, 0.5) is 0 Å². The number of carboxylic acids is 1. The van der Waals surface area contributed by atoms with Crippen molar-refractivity contribution in [3.63, 3.8) is 0 Å². The molecule has 2 unspecified atom stereocenters. The van der Waals surface area contributed by atoms with E-state index in [9.17, 15) is 15.0 Å². The van der Waals surface area contributed by atoms with Crippen LogP contribution in [0.2, 0.25) is 0 Å². The van der Waals surface area contributed by atoms with Crippen LogP contribution in [-0.4, -0.2) is 38.9 Å². The molecule has 0 amide bonds. The maximum Gasteiger partial charge on any atom is 0.309 e. The molecule has 1 aromatic heterocycles. The Morgan fingerprint density at radius 1 is 1.33 bits per heavy atom. The highest BCUT2D eigenvalue weighted by Gasteiger charge is 2.27. The lowest BCUT2D eigenvalue weighted by molar-refractivity contribution is -0.147. The second-order valence-electron chi connectivity index (χ2n) is 4.78. The van der Waals surface area contributed by atoms with Crippen LogP contribution in [0.3, 0.4) is 0 Å². The average Bonchev–Trinajstić information content (AvgIpc) is 2.98. The molecule has 0 radical (unpaired) electrons. The molecule has 0 aliphatic carbocycles. The molecule has 6 nitrogen and oxygen atoms in total. The first kappa shape index (κ1) is 15.2. The van der Waals surface area contributed by atoms with Crippen molar-refractivity contribution in [1.82, 2.24) is 9.97 Å². The van der Waals surface area contributed by atoms with Crippen LogP contribution in [0.5, 0.6) is 0 Å². The van der Waals surface area contributed by atoms with Crippen molar-refractivity contribution in [1.29, 1.82) is 0 Å². The number of benzene rings is 1. The van der Waals surface area contributed by atoms with Gasteiger partial charge in [0.2, 0.25) is 0 Å². The number of aromatic amines is 1. The summed E-state index contributed by atoms with van der Waals surface area (Å²) in [5, 5.41) is 19.2. The highest BCUT2D eigenvalue weighted by molar-refractivity contribution is 5.71. The van der Waals surface area contributed by atoms with Gasteiger partial charge in [-0.2, -0.15) is 0 Å². The fourth-order valence-electron chi connectivity index (χ4n) is 2.00. The molecule has 1 heterocycles. The van der Waals surface area contributed by atoms with E-state index in [-0.39, 0.29) is 13.0 Å².